The molecular formula is C50H108NO6P. The number of unbranched alkanes of at least 4 members (excludes halogenated alkanes) is 26. The molecular weight excluding hydrogens is 742 g/mol. The first-order valence-electron chi connectivity index (χ1n) is 25.7. The Balaban J connectivity index is -0.00000147. The monoisotopic (exact) mass is 850 g/mol. The standard InChI is InChI=1S/C40H82O.C10H23NO.H3O4P/c1-5-9-13-17-21-23-27-31-35-39(33-29-25-19-15-11-7-3)37-41-38-40(34-30-26-20-16-12-8-4)36-32-28-24-22-18-14-10-6-2;1-3-5-7-10(12,9-11)8-6-4-2;1-5(2,3)4/h39-40H,5-38H2,1-4H3;12H,3-9,11H2,1-2H3;(H3,1,2,3,4). The molecule has 58 heavy (non-hydrogen) atoms. The molecule has 354 valence electrons. The van der Waals surface area contributed by atoms with E-state index in [1.165, 1.54) is 205 Å². The van der Waals surface area contributed by atoms with E-state index in [9.17, 15) is 5.11 Å². The van der Waals surface area contributed by atoms with Crippen LogP contribution in [-0.4, -0.2) is 45.1 Å². The minimum atomic E-state index is -4.64. The van der Waals surface area contributed by atoms with E-state index in [1.807, 2.05) is 0 Å². The topological polar surface area (TPSA) is 133 Å². The van der Waals surface area contributed by atoms with E-state index < -0.39 is 13.4 Å². The van der Waals surface area contributed by atoms with Crippen molar-refractivity contribution in [1.29, 1.82) is 0 Å². The van der Waals surface area contributed by atoms with Crippen LogP contribution in [0.2, 0.25) is 0 Å². The fraction of sp³-hybridized carbons (Fsp3) is 1.00. The van der Waals surface area contributed by atoms with E-state index in [2.05, 4.69) is 41.5 Å². The Kier molecular flexibility index (Phi) is 53.3. The summed E-state index contributed by atoms with van der Waals surface area (Å²) in [5.41, 5.74) is 4.96. The minimum absolute atomic E-state index is 0.410. The van der Waals surface area contributed by atoms with Gasteiger partial charge in [0.2, 0.25) is 0 Å². The Bertz CT molecular complexity index is 740. The van der Waals surface area contributed by atoms with Gasteiger partial charge in [0.05, 0.1) is 5.60 Å². The first-order chi connectivity index (χ1) is 28.0. The van der Waals surface area contributed by atoms with E-state index in [4.69, 9.17) is 29.7 Å². The number of hydrogen-bond donors (Lipinski definition) is 5. The molecule has 2 unspecified atom stereocenters. The predicted octanol–water partition coefficient (Wildman–Crippen LogP) is 15.9. The van der Waals surface area contributed by atoms with Crippen LogP contribution in [0.1, 0.15) is 286 Å². The fourth-order valence-corrected chi connectivity index (χ4v) is 7.92. The van der Waals surface area contributed by atoms with Gasteiger partial charge in [-0.2, -0.15) is 0 Å². The molecule has 0 bridgehead atoms. The average molecular weight is 850 g/mol. The van der Waals surface area contributed by atoms with Crippen molar-refractivity contribution in [3.05, 3.63) is 0 Å². The predicted molar refractivity (Wildman–Crippen MR) is 256 cm³/mol. The van der Waals surface area contributed by atoms with Crippen molar-refractivity contribution in [1.82, 2.24) is 0 Å². The highest BCUT2D eigenvalue weighted by Gasteiger charge is 2.23. The summed E-state index contributed by atoms with van der Waals surface area (Å²) in [6.07, 6.45) is 51.8. The van der Waals surface area contributed by atoms with Gasteiger partial charge in [-0.1, -0.05) is 247 Å². The number of aliphatic hydroxyl groups is 1. The quantitative estimate of drug-likeness (QED) is 0.0305. The molecule has 0 aromatic heterocycles. The highest BCUT2D eigenvalue weighted by atomic mass is 31.2. The highest BCUT2D eigenvalue weighted by molar-refractivity contribution is 7.45. The summed E-state index contributed by atoms with van der Waals surface area (Å²) < 4.78 is 15.5. The molecule has 0 aliphatic carbocycles. The van der Waals surface area contributed by atoms with E-state index in [0.717, 1.165) is 63.6 Å². The third-order valence-electron chi connectivity index (χ3n) is 11.9. The number of hydrogen-bond acceptors (Lipinski definition) is 4. The van der Waals surface area contributed by atoms with Crippen molar-refractivity contribution in [3.8, 4) is 0 Å². The number of rotatable bonds is 43. The molecule has 0 aliphatic heterocycles. The lowest BCUT2D eigenvalue weighted by atomic mass is 9.91. The van der Waals surface area contributed by atoms with Crippen molar-refractivity contribution >= 4 is 7.82 Å². The van der Waals surface area contributed by atoms with E-state index >= 15 is 0 Å². The normalized spacial score (nSPS) is 12.8. The molecule has 0 heterocycles. The maximum atomic E-state index is 9.96. The zero-order chi connectivity index (χ0) is 43.9. The molecule has 0 aromatic rings. The molecule has 8 heteroatoms. The lowest BCUT2D eigenvalue weighted by molar-refractivity contribution is 0.0273. The first-order valence-corrected chi connectivity index (χ1v) is 27.3. The molecule has 0 radical (unpaired) electrons. The third kappa shape index (κ3) is 56.0. The third-order valence-corrected chi connectivity index (χ3v) is 11.9. The van der Waals surface area contributed by atoms with Crippen molar-refractivity contribution < 1.29 is 29.1 Å². The summed E-state index contributed by atoms with van der Waals surface area (Å²) in [7, 11) is -4.64. The summed E-state index contributed by atoms with van der Waals surface area (Å²) in [5.74, 6) is 1.61. The van der Waals surface area contributed by atoms with Crippen LogP contribution < -0.4 is 5.73 Å². The van der Waals surface area contributed by atoms with Gasteiger partial charge in [0.1, 0.15) is 0 Å². The summed E-state index contributed by atoms with van der Waals surface area (Å²) in [5, 5.41) is 9.96. The van der Waals surface area contributed by atoms with Gasteiger partial charge in [0, 0.05) is 19.8 Å². The molecule has 0 spiro atoms. The molecule has 0 aliphatic rings. The van der Waals surface area contributed by atoms with Crippen LogP contribution in [0.25, 0.3) is 0 Å². The molecule has 0 saturated carbocycles. The number of phosphoric acid groups is 1. The van der Waals surface area contributed by atoms with Crippen molar-refractivity contribution in [3.63, 3.8) is 0 Å². The molecule has 0 fully saturated rings. The fourth-order valence-electron chi connectivity index (χ4n) is 7.92. The van der Waals surface area contributed by atoms with Crippen molar-refractivity contribution in [2.75, 3.05) is 19.8 Å². The van der Waals surface area contributed by atoms with Gasteiger partial charge in [0.25, 0.3) is 0 Å². The second kappa shape index (κ2) is 49.6. The molecule has 7 nitrogen and oxygen atoms in total. The van der Waals surface area contributed by atoms with Crippen LogP contribution in [0.15, 0.2) is 0 Å². The van der Waals surface area contributed by atoms with Gasteiger partial charge in [-0.15, -0.1) is 0 Å². The van der Waals surface area contributed by atoms with Crippen LogP contribution >= 0.6 is 7.82 Å². The Morgan fingerprint density at radius 3 is 0.828 bits per heavy atom. The van der Waals surface area contributed by atoms with Crippen LogP contribution in [0.4, 0.5) is 0 Å². The van der Waals surface area contributed by atoms with E-state index in [-0.39, 0.29) is 0 Å². The SMILES string of the molecule is CCCCC(O)(CN)CCCC.CCCCCCCCCCC(CCCCCCCC)COCC(CCCCCCCC)CCCCCCCCCC.O=P(O)(O)O. The Hall–Kier alpha value is -0.0100. The van der Waals surface area contributed by atoms with Crippen LogP contribution in [0.3, 0.4) is 0 Å². The molecule has 2 atom stereocenters. The van der Waals surface area contributed by atoms with Crippen molar-refractivity contribution in [2.24, 2.45) is 17.6 Å². The maximum absolute atomic E-state index is 9.96. The second-order valence-electron chi connectivity index (χ2n) is 18.1. The molecule has 6 N–H and O–H groups in total. The van der Waals surface area contributed by atoms with Gasteiger partial charge in [-0.05, 0) is 50.4 Å². The van der Waals surface area contributed by atoms with E-state index in [0.29, 0.717) is 6.54 Å². The van der Waals surface area contributed by atoms with Gasteiger partial charge < -0.3 is 30.3 Å². The van der Waals surface area contributed by atoms with Crippen LogP contribution in [-0.2, 0) is 9.30 Å². The lowest BCUT2D eigenvalue weighted by Gasteiger charge is -2.26. The molecule has 0 rings (SSSR count). The smallest absolute Gasteiger partial charge is 0.389 e. The van der Waals surface area contributed by atoms with Crippen LogP contribution in [0, 0.1) is 11.8 Å². The summed E-state index contributed by atoms with van der Waals surface area (Å²) in [6, 6.07) is 0. The lowest BCUT2D eigenvalue weighted by Crippen LogP contribution is -2.37. The second-order valence-corrected chi connectivity index (χ2v) is 19.1. The Morgan fingerprint density at radius 1 is 0.414 bits per heavy atom. The summed E-state index contributed by atoms with van der Waals surface area (Å²) in [6.45, 7) is 16.0. The summed E-state index contributed by atoms with van der Waals surface area (Å²) in [4.78, 5) is 21.6. The zero-order valence-corrected chi connectivity index (χ0v) is 41.2. The maximum Gasteiger partial charge on any atom is 0.466 e. The van der Waals surface area contributed by atoms with Crippen LogP contribution in [0.5, 0.6) is 0 Å². The van der Waals surface area contributed by atoms with Gasteiger partial charge in [-0.3, -0.25) is 0 Å². The van der Waals surface area contributed by atoms with E-state index in [1.54, 1.807) is 0 Å². The van der Waals surface area contributed by atoms with Crippen molar-refractivity contribution in [2.45, 2.75) is 291 Å². The van der Waals surface area contributed by atoms with Gasteiger partial charge >= 0.3 is 7.82 Å². The van der Waals surface area contributed by atoms with Gasteiger partial charge in [0.15, 0.2) is 0 Å². The Labute approximate surface area is 364 Å². The first kappa shape index (κ1) is 62.3. The zero-order valence-electron chi connectivity index (χ0n) is 40.3. The summed E-state index contributed by atoms with van der Waals surface area (Å²) >= 11 is 0. The molecule has 0 saturated heterocycles. The van der Waals surface area contributed by atoms with Gasteiger partial charge in [-0.25, -0.2) is 4.57 Å². The Morgan fingerprint density at radius 2 is 0.621 bits per heavy atom. The minimum Gasteiger partial charge on any atom is -0.389 e. The largest absolute Gasteiger partial charge is 0.466 e. The number of nitrogens with two attached hydrogens (primary N) is 1. The molecule has 0 amide bonds. The average Bonchev–Trinajstić information content (AvgIpc) is 3.19. The highest BCUT2D eigenvalue weighted by Crippen LogP contribution is 2.26. The molecule has 0 aromatic carbocycles. The number of ether oxygens (including phenoxy) is 1.